The predicted octanol–water partition coefficient (Wildman–Crippen LogP) is 3.11. The summed E-state index contributed by atoms with van der Waals surface area (Å²) in [4.78, 5) is 0. The quantitative estimate of drug-likeness (QED) is 0.831. The van der Waals surface area contributed by atoms with Gasteiger partial charge in [-0.25, -0.2) is 4.39 Å². The normalized spacial score (nSPS) is 13.7. The van der Waals surface area contributed by atoms with Gasteiger partial charge in [0, 0.05) is 18.2 Å². The van der Waals surface area contributed by atoms with Crippen molar-refractivity contribution in [2.24, 2.45) is 0 Å². The Labute approximate surface area is 124 Å². The summed E-state index contributed by atoms with van der Waals surface area (Å²) < 4.78 is 24.6. The Hall–Kier alpha value is -1.91. The van der Waals surface area contributed by atoms with Crippen LogP contribution in [-0.2, 0) is 10.3 Å². The summed E-state index contributed by atoms with van der Waals surface area (Å²) in [5.41, 5.74) is -0.742. The van der Waals surface area contributed by atoms with Gasteiger partial charge in [0.25, 0.3) is 0 Å². The van der Waals surface area contributed by atoms with Crippen LogP contribution in [0.4, 0.5) is 4.39 Å². The zero-order chi connectivity index (χ0) is 15.3. The van der Waals surface area contributed by atoms with Crippen LogP contribution in [0.15, 0.2) is 48.5 Å². The highest BCUT2D eigenvalue weighted by Gasteiger charge is 2.31. The Morgan fingerprint density at radius 3 is 2.29 bits per heavy atom. The van der Waals surface area contributed by atoms with Gasteiger partial charge in [0.1, 0.15) is 23.8 Å². The van der Waals surface area contributed by atoms with E-state index in [9.17, 15) is 9.50 Å². The van der Waals surface area contributed by atoms with E-state index in [-0.39, 0.29) is 5.56 Å². The minimum atomic E-state index is -1.48. The van der Waals surface area contributed by atoms with Crippen molar-refractivity contribution in [1.82, 2.24) is 0 Å². The van der Waals surface area contributed by atoms with Crippen LogP contribution in [0.3, 0.4) is 0 Å². The molecule has 1 N–H and O–H groups in total. The number of hydrogen-bond donors (Lipinski definition) is 1. The van der Waals surface area contributed by atoms with Gasteiger partial charge in [0.15, 0.2) is 0 Å². The smallest absolute Gasteiger partial charge is 0.129 e. The van der Waals surface area contributed by atoms with E-state index in [0.29, 0.717) is 24.5 Å². The molecule has 0 aliphatic heterocycles. The molecule has 0 amide bonds. The summed E-state index contributed by atoms with van der Waals surface area (Å²) >= 11 is 0. The first-order chi connectivity index (χ1) is 10.1. The molecule has 0 bridgehead atoms. The summed E-state index contributed by atoms with van der Waals surface area (Å²) in [5, 5.41) is 10.8. The molecule has 0 aromatic heterocycles. The molecule has 0 radical (unpaired) electrons. The van der Waals surface area contributed by atoms with Crippen LogP contribution in [0.25, 0.3) is 0 Å². The molecule has 0 fully saturated rings. The van der Waals surface area contributed by atoms with Gasteiger partial charge in [-0.3, -0.25) is 0 Å². The third-order valence-electron chi connectivity index (χ3n) is 3.35. The third kappa shape index (κ3) is 3.40. The van der Waals surface area contributed by atoms with Crippen molar-refractivity contribution in [2.45, 2.75) is 12.5 Å². The van der Waals surface area contributed by atoms with Crippen LogP contribution in [-0.4, -0.2) is 25.4 Å². The lowest BCUT2D eigenvalue weighted by Gasteiger charge is -2.27. The highest BCUT2D eigenvalue weighted by Crippen LogP contribution is 2.36. The van der Waals surface area contributed by atoms with Crippen molar-refractivity contribution in [2.75, 3.05) is 20.3 Å². The molecule has 0 aliphatic rings. The Balaban J connectivity index is 2.38. The molecule has 2 rings (SSSR count). The molecule has 21 heavy (non-hydrogen) atoms. The average molecular weight is 290 g/mol. The van der Waals surface area contributed by atoms with Crippen molar-refractivity contribution < 1.29 is 19.0 Å². The maximum Gasteiger partial charge on any atom is 0.129 e. The van der Waals surface area contributed by atoms with Gasteiger partial charge in [-0.15, -0.1) is 0 Å². The van der Waals surface area contributed by atoms with E-state index in [4.69, 9.17) is 9.47 Å². The maximum atomic E-state index is 14.0. The number of methoxy groups -OCH3 is 1. The molecular formula is C17H19FO3. The van der Waals surface area contributed by atoms with Gasteiger partial charge in [-0.1, -0.05) is 36.4 Å². The summed E-state index contributed by atoms with van der Waals surface area (Å²) in [6, 6.07) is 13.3. The predicted molar refractivity (Wildman–Crippen MR) is 78.9 cm³/mol. The summed E-state index contributed by atoms with van der Waals surface area (Å²) in [6.45, 7) is 2.36. The van der Waals surface area contributed by atoms with Crippen molar-refractivity contribution >= 4 is 0 Å². The van der Waals surface area contributed by atoms with Crippen LogP contribution in [0, 0.1) is 5.82 Å². The Morgan fingerprint density at radius 2 is 1.62 bits per heavy atom. The minimum absolute atomic E-state index is 0.216. The van der Waals surface area contributed by atoms with E-state index in [1.807, 2.05) is 6.07 Å². The Bertz CT molecular complexity index is 596. The topological polar surface area (TPSA) is 38.7 Å². The second kappa shape index (κ2) is 6.70. The SMILES string of the molecule is COCCOc1ccccc1C(C)(O)c1ccccc1F. The lowest BCUT2D eigenvalue weighted by molar-refractivity contribution is 0.0906. The molecule has 0 aliphatic carbocycles. The van der Waals surface area contributed by atoms with Gasteiger partial charge < -0.3 is 14.6 Å². The zero-order valence-electron chi connectivity index (χ0n) is 12.2. The van der Waals surface area contributed by atoms with Gasteiger partial charge >= 0.3 is 0 Å². The molecule has 3 nitrogen and oxygen atoms in total. The zero-order valence-corrected chi connectivity index (χ0v) is 12.2. The first-order valence-electron chi connectivity index (χ1n) is 6.76. The van der Waals surface area contributed by atoms with Crippen molar-refractivity contribution in [3.8, 4) is 5.75 Å². The first kappa shape index (κ1) is 15.5. The Kier molecular flexibility index (Phi) is 4.94. The molecule has 1 unspecified atom stereocenters. The second-order valence-electron chi connectivity index (χ2n) is 4.89. The summed E-state index contributed by atoms with van der Waals surface area (Å²) in [7, 11) is 1.59. The molecule has 2 aromatic carbocycles. The lowest BCUT2D eigenvalue weighted by Crippen LogP contribution is -2.25. The molecule has 0 saturated heterocycles. The van der Waals surface area contributed by atoms with Gasteiger partial charge in [-0.2, -0.15) is 0 Å². The average Bonchev–Trinajstić information content (AvgIpc) is 2.48. The standard InChI is InChI=1S/C17H19FO3/c1-17(19,13-7-3-5-9-15(13)18)14-8-4-6-10-16(14)21-12-11-20-2/h3-10,19H,11-12H2,1-2H3. The molecule has 4 heteroatoms. The summed E-state index contributed by atoms with van der Waals surface area (Å²) in [6.07, 6.45) is 0. The largest absolute Gasteiger partial charge is 0.491 e. The molecule has 0 saturated carbocycles. The van der Waals surface area contributed by atoms with Gasteiger partial charge in [0.2, 0.25) is 0 Å². The van der Waals surface area contributed by atoms with E-state index >= 15 is 0 Å². The van der Waals surface area contributed by atoms with Crippen LogP contribution in [0.1, 0.15) is 18.1 Å². The van der Waals surface area contributed by atoms with Crippen LogP contribution >= 0.6 is 0 Å². The molecular weight excluding hydrogens is 271 g/mol. The van der Waals surface area contributed by atoms with Crippen molar-refractivity contribution in [3.63, 3.8) is 0 Å². The van der Waals surface area contributed by atoms with Crippen molar-refractivity contribution in [3.05, 3.63) is 65.5 Å². The second-order valence-corrected chi connectivity index (χ2v) is 4.89. The van der Waals surface area contributed by atoms with Crippen molar-refractivity contribution in [1.29, 1.82) is 0 Å². The van der Waals surface area contributed by atoms with E-state index in [0.717, 1.165) is 0 Å². The number of benzene rings is 2. The fourth-order valence-electron chi connectivity index (χ4n) is 2.23. The van der Waals surface area contributed by atoms with E-state index in [2.05, 4.69) is 0 Å². The number of para-hydroxylation sites is 1. The summed E-state index contributed by atoms with van der Waals surface area (Å²) in [5.74, 6) is 0.0667. The van der Waals surface area contributed by atoms with Gasteiger partial charge in [-0.05, 0) is 19.1 Å². The fraction of sp³-hybridized carbons (Fsp3) is 0.294. The number of rotatable bonds is 6. The van der Waals surface area contributed by atoms with E-state index in [1.165, 1.54) is 6.07 Å². The van der Waals surface area contributed by atoms with E-state index < -0.39 is 11.4 Å². The highest BCUT2D eigenvalue weighted by molar-refractivity contribution is 5.44. The molecule has 1 atom stereocenters. The Morgan fingerprint density at radius 1 is 1.00 bits per heavy atom. The van der Waals surface area contributed by atoms with E-state index in [1.54, 1.807) is 50.4 Å². The van der Waals surface area contributed by atoms with Crippen LogP contribution in [0.2, 0.25) is 0 Å². The molecule has 0 heterocycles. The monoisotopic (exact) mass is 290 g/mol. The number of halogens is 1. The van der Waals surface area contributed by atoms with Gasteiger partial charge in [0.05, 0.1) is 6.61 Å². The number of aliphatic hydroxyl groups is 1. The number of ether oxygens (including phenoxy) is 2. The third-order valence-corrected chi connectivity index (χ3v) is 3.35. The van der Waals surface area contributed by atoms with Crippen LogP contribution in [0.5, 0.6) is 5.75 Å². The minimum Gasteiger partial charge on any atom is -0.491 e. The lowest BCUT2D eigenvalue weighted by atomic mass is 9.87. The maximum absolute atomic E-state index is 14.0. The highest BCUT2D eigenvalue weighted by atomic mass is 19.1. The fourth-order valence-corrected chi connectivity index (χ4v) is 2.23. The van der Waals surface area contributed by atoms with Crippen LogP contribution < -0.4 is 4.74 Å². The molecule has 2 aromatic rings. The first-order valence-corrected chi connectivity index (χ1v) is 6.76. The molecule has 112 valence electrons. The number of hydrogen-bond acceptors (Lipinski definition) is 3. The molecule has 0 spiro atoms.